The maximum atomic E-state index is 12.8. The van der Waals surface area contributed by atoms with Crippen LogP contribution in [-0.2, 0) is 6.42 Å². The van der Waals surface area contributed by atoms with Crippen molar-refractivity contribution in [3.63, 3.8) is 0 Å². The summed E-state index contributed by atoms with van der Waals surface area (Å²) in [5, 5.41) is 9.19. The number of nitrogens with one attached hydrogen (secondary N) is 2. The standard InChI is InChI=1S/C13H14FN3O/c1-9(6-10-2-4-11(14)5-3-10)16-12-7-13(18)17-15-8-12/h2-5,7-9H,6H2,1H3,(H2,16,17,18). The molecule has 0 spiro atoms. The van der Waals surface area contributed by atoms with Crippen molar-refractivity contribution in [2.24, 2.45) is 0 Å². The largest absolute Gasteiger partial charge is 0.381 e. The Morgan fingerprint density at radius 1 is 1.39 bits per heavy atom. The minimum absolute atomic E-state index is 0.124. The van der Waals surface area contributed by atoms with Crippen molar-refractivity contribution in [1.29, 1.82) is 0 Å². The van der Waals surface area contributed by atoms with Crippen LogP contribution in [0.2, 0.25) is 0 Å². The van der Waals surface area contributed by atoms with Crippen molar-refractivity contribution in [2.75, 3.05) is 5.32 Å². The first kappa shape index (κ1) is 12.3. The number of hydrogen-bond donors (Lipinski definition) is 2. The van der Waals surface area contributed by atoms with Gasteiger partial charge in [0.1, 0.15) is 5.82 Å². The third-order valence-electron chi connectivity index (χ3n) is 2.53. The summed E-state index contributed by atoms with van der Waals surface area (Å²) in [4.78, 5) is 11.1. The van der Waals surface area contributed by atoms with Crippen LogP contribution in [-0.4, -0.2) is 16.2 Å². The maximum absolute atomic E-state index is 12.8. The first-order chi connectivity index (χ1) is 8.63. The lowest BCUT2D eigenvalue weighted by Crippen LogP contribution is -2.20. The van der Waals surface area contributed by atoms with Crippen molar-refractivity contribution in [3.05, 3.63) is 58.3 Å². The number of halogens is 1. The highest BCUT2D eigenvalue weighted by Gasteiger charge is 2.04. The molecule has 0 aliphatic rings. The molecule has 18 heavy (non-hydrogen) atoms. The lowest BCUT2D eigenvalue weighted by molar-refractivity contribution is 0.626. The zero-order valence-electron chi connectivity index (χ0n) is 9.98. The average Bonchev–Trinajstić information content (AvgIpc) is 2.32. The van der Waals surface area contributed by atoms with Gasteiger partial charge in [-0.1, -0.05) is 12.1 Å². The van der Waals surface area contributed by atoms with Gasteiger partial charge < -0.3 is 5.32 Å². The van der Waals surface area contributed by atoms with Crippen molar-refractivity contribution in [1.82, 2.24) is 10.2 Å². The molecule has 1 atom stereocenters. The molecular weight excluding hydrogens is 233 g/mol. The molecule has 1 aromatic heterocycles. The molecule has 4 nitrogen and oxygen atoms in total. The molecule has 0 saturated heterocycles. The molecule has 1 aromatic carbocycles. The maximum Gasteiger partial charge on any atom is 0.266 e. The summed E-state index contributed by atoms with van der Waals surface area (Å²) in [5.41, 5.74) is 1.47. The zero-order chi connectivity index (χ0) is 13.0. The second-order valence-electron chi connectivity index (χ2n) is 4.21. The van der Waals surface area contributed by atoms with Crippen LogP contribution in [0.5, 0.6) is 0 Å². The molecule has 5 heteroatoms. The van der Waals surface area contributed by atoms with E-state index in [1.165, 1.54) is 18.2 Å². The Hall–Kier alpha value is -2.17. The molecule has 0 bridgehead atoms. The molecule has 0 fully saturated rings. The monoisotopic (exact) mass is 247 g/mol. The van der Waals surface area contributed by atoms with Gasteiger partial charge in [-0.25, -0.2) is 9.49 Å². The third kappa shape index (κ3) is 3.41. The molecule has 0 aliphatic heterocycles. The number of benzene rings is 1. The van der Waals surface area contributed by atoms with E-state index >= 15 is 0 Å². The van der Waals surface area contributed by atoms with E-state index < -0.39 is 0 Å². The fraction of sp³-hybridized carbons (Fsp3) is 0.231. The normalized spacial score (nSPS) is 12.1. The Morgan fingerprint density at radius 3 is 2.78 bits per heavy atom. The summed E-state index contributed by atoms with van der Waals surface area (Å²) in [5.74, 6) is -0.238. The molecular formula is C13H14FN3O. The fourth-order valence-electron chi connectivity index (χ4n) is 1.76. The molecule has 1 heterocycles. The minimum atomic E-state index is -0.242. The van der Waals surface area contributed by atoms with Gasteiger partial charge in [0.05, 0.1) is 11.9 Å². The number of rotatable bonds is 4. The highest BCUT2D eigenvalue weighted by Crippen LogP contribution is 2.09. The lowest BCUT2D eigenvalue weighted by atomic mass is 10.1. The van der Waals surface area contributed by atoms with Crippen LogP contribution in [0.4, 0.5) is 10.1 Å². The summed E-state index contributed by atoms with van der Waals surface area (Å²) < 4.78 is 12.8. The van der Waals surface area contributed by atoms with E-state index in [1.54, 1.807) is 18.3 Å². The van der Waals surface area contributed by atoms with Gasteiger partial charge in [-0.3, -0.25) is 4.79 Å². The van der Waals surface area contributed by atoms with E-state index in [9.17, 15) is 9.18 Å². The van der Waals surface area contributed by atoms with Crippen LogP contribution in [0, 0.1) is 5.82 Å². The van der Waals surface area contributed by atoms with E-state index in [4.69, 9.17) is 0 Å². The van der Waals surface area contributed by atoms with Crippen molar-refractivity contribution < 1.29 is 4.39 Å². The van der Waals surface area contributed by atoms with Crippen molar-refractivity contribution in [2.45, 2.75) is 19.4 Å². The number of anilines is 1. The van der Waals surface area contributed by atoms with Gasteiger partial charge in [0.25, 0.3) is 5.56 Å². The molecule has 0 amide bonds. The Balaban J connectivity index is 1.98. The predicted octanol–water partition coefficient (Wildman–Crippen LogP) is 1.95. The van der Waals surface area contributed by atoms with E-state index in [1.807, 2.05) is 6.92 Å². The molecule has 94 valence electrons. The molecule has 0 aliphatic carbocycles. The second-order valence-corrected chi connectivity index (χ2v) is 4.21. The van der Waals surface area contributed by atoms with E-state index in [0.29, 0.717) is 5.69 Å². The van der Waals surface area contributed by atoms with E-state index in [0.717, 1.165) is 12.0 Å². The summed E-state index contributed by atoms with van der Waals surface area (Å²) in [6, 6.07) is 7.97. The Morgan fingerprint density at radius 2 is 2.11 bits per heavy atom. The van der Waals surface area contributed by atoms with Crippen LogP contribution < -0.4 is 10.9 Å². The Bertz CT molecular complexity index is 565. The highest BCUT2D eigenvalue weighted by atomic mass is 19.1. The summed E-state index contributed by atoms with van der Waals surface area (Å²) >= 11 is 0. The Kier molecular flexibility index (Phi) is 3.72. The second kappa shape index (κ2) is 5.44. The zero-order valence-corrected chi connectivity index (χ0v) is 9.98. The molecule has 0 radical (unpaired) electrons. The molecule has 0 saturated carbocycles. The molecule has 2 rings (SSSR count). The van der Waals surface area contributed by atoms with Crippen LogP contribution in [0.3, 0.4) is 0 Å². The molecule has 1 unspecified atom stereocenters. The summed E-state index contributed by atoms with van der Waals surface area (Å²) in [7, 11) is 0. The van der Waals surface area contributed by atoms with Gasteiger partial charge >= 0.3 is 0 Å². The Labute approximate surface area is 104 Å². The third-order valence-corrected chi connectivity index (χ3v) is 2.53. The summed E-state index contributed by atoms with van der Waals surface area (Å²) in [6.45, 7) is 1.99. The van der Waals surface area contributed by atoms with Gasteiger partial charge in [0.2, 0.25) is 0 Å². The van der Waals surface area contributed by atoms with Gasteiger partial charge in [-0.2, -0.15) is 5.10 Å². The van der Waals surface area contributed by atoms with Gasteiger partial charge in [0.15, 0.2) is 0 Å². The van der Waals surface area contributed by atoms with Crippen LogP contribution in [0.25, 0.3) is 0 Å². The number of H-pyrrole nitrogens is 1. The average molecular weight is 247 g/mol. The number of nitrogens with zero attached hydrogens (tertiary/aromatic N) is 1. The first-order valence-electron chi connectivity index (χ1n) is 5.69. The molecule has 2 aromatic rings. The number of aromatic nitrogens is 2. The van der Waals surface area contributed by atoms with Crippen molar-refractivity contribution >= 4 is 5.69 Å². The van der Waals surface area contributed by atoms with Crippen LogP contribution >= 0.6 is 0 Å². The van der Waals surface area contributed by atoms with Crippen LogP contribution in [0.1, 0.15) is 12.5 Å². The first-order valence-corrected chi connectivity index (χ1v) is 5.69. The lowest BCUT2D eigenvalue weighted by Gasteiger charge is -2.14. The summed E-state index contributed by atoms with van der Waals surface area (Å²) in [6.07, 6.45) is 2.30. The number of aromatic amines is 1. The van der Waals surface area contributed by atoms with Gasteiger partial charge in [-0.05, 0) is 31.0 Å². The number of hydrogen-bond acceptors (Lipinski definition) is 3. The van der Waals surface area contributed by atoms with E-state index in [2.05, 4.69) is 15.5 Å². The fourth-order valence-corrected chi connectivity index (χ4v) is 1.76. The minimum Gasteiger partial charge on any atom is -0.381 e. The smallest absolute Gasteiger partial charge is 0.266 e. The van der Waals surface area contributed by atoms with Crippen molar-refractivity contribution in [3.8, 4) is 0 Å². The van der Waals surface area contributed by atoms with Crippen LogP contribution in [0.15, 0.2) is 41.3 Å². The quantitative estimate of drug-likeness (QED) is 0.868. The van der Waals surface area contributed by atoms with Gasteiger partial charge in [0, 0.05) is 12.1 Å². The SMILES string of the molecule is CC(Cc1ccc(F)cc1)Nc1cn[nH]c(=O)c1. The predicted molar refractivity (Wildman–Crippen MR) is 68.0 cm³/mol. The van der Waals surface area contributed by atoms with Gasteiger partial charge in [-0.15, -0.1) is 0 Å². The van der Waals surface area contributed by atoms with E-state index in [-0.39, 0.29) is 17.4 Å². The topological polar surface area (TPSA) is 57.8 Å². The highest BCUT2D eigenvalue weighted by molar-refractivity contribution is 5.40. The molecule has 2 N–H and O–H groups in total.